The molecule has 0 spiro atoms. The number of phenols is 1. The van der Waals surface area contributed by atoms with Crippen molar-refractivity contribution in [3.8, 4) is 5.75 Å². The van der Waals surface area contributed by atoms with Crippen LogP contribution in [0.25, 0.3) is 0 Å². The molecule has 15 heavy (non-hydrogen) atoms. The van der Waals surface area contributed by atoms with Crippen LogP contribution in [0.15, 0.2) is 18.2 Å². The average Bonchev–Trinajstić information content (AvgIpc) is 2.22. The van der Waals surface area contributed by atoms with Crippen molar-refractivity contribution in [2.45, 2.75) is 32.2 Å². The predicted octanol–water partition coefficient (Wildman–Crippen LogP) is 1.83. The van der Waals surface area contributed by atoms with Crippen molar-refractivity contribution < 1.29 is 5.11 Å². The van der Waals surface area contributed by atoms with Gasteiger partial charge in [0, 0.05) is 11.6 Å². The number of hydrogen-bond acceptors (Lipinski definition) is 3. The molecule has 0 fully saturated rings. The van der Waals surface area contributed by atoms with Gasteiger partial charge in [-0.2, -0.15) is 0 Å². The summed E-state index contributed by atoms with van der Waals surface area (Å²) in [5.74, 6) is 0.292. The van der Waals surface area contributed by atoms with E-state index in [2.05, 4.69) is 0 Å². The van der Waals surface area contributed by atoms with E-state index in [0.717, 1.165) is 30.4 Å². The summed E-state index contributed by atoms with van der Waals surface area (Å²) in [5, 5.41) is 9.66. The number of unbranched alkanes of at least 4 members (excludes halogenated alkanes) is 1. The lowest BCUT2D eigenvalue weighted by Crippen LogP contribution is -2.11. The number of aryl methyl sites for hydroxylation is 1. The lowest BCUT2D eigenvalue weighted by molar-refractivity contribution is 0.456. The van der Waals surface area contributed by atoms with E-state index in [-0.39, 0.29) is 6.04 Å². The Morgan fingerprint density at radius 1 is 1.33 bits per heavy atom. The molecule has 3 nitrogen and oxygen atoms in total. The van der Waals surface area contributed by atoms with Crippen molar-refractivity contribution in [2.75, 3.05) is 6.54 Å². The van der Waals surface area contributed by atoms with Crippen LogP contribution in [0, 0.1) is 6.92 Å². The fourth-order valence-corrected chi connectivity index (χ4v) is 1.64. The molecule has 1 rings (SSSR count). The van der Waals surface area contributed by atoms with Crippen LogP contribution in [0.5, 0.6) is 5.75 Å². The summed E-state index contributed by atoms with van der Waals surface area (Å²) in [5.41, 5.74) is 13.4. The molecular formula is C12H20N2O. The van der Waals surface area contributed by atoms with Crippen LogP contribution in [0.1, 0.15) is 36.4 Å². The van der Waals surface area contributed by atoms with Gasteiger partial charge in [0.2, 0.25) is 0 Å². The second-order valence-corrected chi connectivity index (χ2v) is 3.95. The number of aromatic hydroxyl groups is 1. The van der Waals surface area contributed by atoms with Crippen LogP contribution < -0.4 is 11.5 Å². The first-order valence-electron chi connectivity index (χ1n) is 5.40. The van der Waals surface area contributed by atoms with Gasteiger partial charge in [0.05, 0.1) is 0 Å². The molecule has 3 heteroatoms. The van der Waals surface area contributed by atoms with E-state index >= 15 is 0 Å². The molecule has 0 saturated heterocycles. The normalized spacial score (nSPS) is 12.7. The highest BCUT2D eigenvalue weighted by Crippen LogP contribution is 2.26. The molecule has 1 aromatic carbocycles. The molecule has 0 unspecified atom stereocenters. The van der Waals surface area contributed by atoms with Gasteiger partial charge in [0.1, 0.15) is 5.75 Å². The van der Waals surface area contributed by atoms with Crippen LogP contribution in [0.2, 0.25) is 0 Å². The van der Waals surface area contributed by atoms with E-state index in [4.69, 9.17) is 11.5 Å². The van der Waals surface area contributed by atoms with Gasteiger partial charge in [-0.1, -0.05) is 24.1 Å². The van der Waals surface area contributed by atoms with Crippen molar-refractivity contribution >= 4 is 0 Å². The van der Waals surface area contributed by atoms with E-state index in [0.29, 0.717) is 12.3 Å². The Morgan fingerprint density at radius 3 is 2.73 bits per heavy atom. The standard InChI is InChI=1S/C12H20N2O/c1-9-5-6-12(15)10(8-9)11(14)4-2-3-7-13/h5-6,8,11,15H,2-4,7,13-14H2,1H3/t11-/m0/s1. The Labute approximate surface area is 91.1 Å². The highest BCUT2D eigenvalue weighted by Gasteiger charge is 2.10. The summed E-state index contributed by atoms with van der Waals surface area (Å²) < 4.78 is 0. The summed E-state index contributed by atoms with van der Waals surface area (Å²) in [6.45, 7) is 2.70. The minimum atomic E-state index is -0.0866. The van der Waals surface area contributed by atoms with E-state index < -0.39 is 0 Å². The molecule has 0 aliphatic heterocycles. The Kier molecular flexibility index (Phi) is 4.59. The van der Waals surface area contributed by atoms with Crippen LogP contribution in [-0.4, -0.2) is 11.7 Å². The molecule has 0 bridgehead atoms. The van der Waals surface area contributed by atoms with Gasteiger partial charge in [-0.25, -0.2) is 0 Å². The van der Waals surface area contributed by atoms with Gasteiger partial charge in [-0.15, -0.1) is 0 Å². The summed E-state index contributed by atoms with van der Waals surface area (Å²) in [6, 6.07) is 5.44. The van der Waals surface area contributed by atoms with Gasteiger partial charge in [0.25, 0.3) is 0 Å². The van der Waals surface area contributed by atoms with Crippen molar-refractivity contribution in [1.29, 1.82) is 0 Å². The Morgan fingerprint density at radius 2 is 2.07 bits per heavy atom. The van der Waals surface area contributed by atoms with E-state index in [9.17, 15) is 5.11 Å². The first-order valence-corrected chi connectivity index (χ1v) is 5.40. The maximum atomic E-state index is 9.66. The first kappa shape index (κ1) is 12.0. The third-order valence-electron chi connectivity index (χ3n) is 2.55. The molecule has 1 atom stereocenters. The van der Waals surface area contributed by atoms with E-state index in [1.54, 1.807) is 6.07 Å². The third kappa shape index (κ3) is 3.53. The van der Waals surface area contributed by atoms with E-state index in [1.807, 2.05) is 19.1 Å². The Balaban J connectivity index is 2.64. The predicted molar refractivity (Wildman–Crippen MR) is 62.7 cm³/mol. The number of nitrogens with two attached hydrogens (primary N) is 2. The lowest BCUT2D eigenvalue weighted by Gasteiger charge is -2.14. The summed E-state index contributed by atoms with van der Waals surface area (Å²) in [6.07, 6.45) is 2.86. The Bertz CT molecular complexity index is 312. The second-order valence-electron chi connectivity index (χ2n) is 3.95. The average molecular weight is 208 g/mol. The molecule has 5 N–H and O–H groups in total. The fourth-order valence-electron chi connectivity index (χ4n) is 1.64. The first-order chi connectivity index (χ1) is 7.15. The van der Waals surface area contributed by atoms with Crippen molar-refractivity contribution in [2.24, 2.45) is 11.5 Å². The Hall–Kier alpha value is -1.06. The minimum Gasteiger partial charge on any atom is -0.508 e. The monoisotopic (exact) mass is 208 g/mol. The van der Waals surface area contributed by atoms with Gasteiger partial charge in [-0.3, -0.25) is 0 Å². The minimum absolute atomic E-state index is 0.0866. The lowest BCUT2D eigenvalue weighted by atomic mass is 9.99. The highest BCUT2D eigenvalue weighted by atomic mass is 16.3. The maximum absolute atomic E-state index is 9.66. The summed E-state index contributed by atoms with van der Waals surface area (Å²) in [7, 11) is 0. The van der Waals surface area contributed by atoms with Crippen molar-refractivity contribution in [3.05, 3.63) is 29.3 Å². The van der Waals surface area contributed by atoms with Gasteiger partial charge in [-0.05, 0) is 32.4 Å². The zero-order valence-corrected chi connectivity index (χ0v) is 9.24. The topological polar surface area (TPSA) is 72.3 Å². The third-order valence-corrected chi connectivity index (χ3v) is 2.55. The number of benzene rings is 1. The quantitative estimate of drug-likeness (QED) is 0.646. The smallest absolute Gasteiger partial charge is 0.120 e. The molecule has 0 aromatic heterocycles. The zero-order valence-electron chi connectivity index (χ0n) is 9.24. The van der Waals surface area contributed by atoms with Gasteiger partial charge >= 0.3 is 0 Å². The van der Waals surface area contributed by atoms with Gasteiger partial charge < -0.3 is 16.6 Å². The highest BCUT2D eigenvalue weighted by molar-refractivity contribution is 5.37. The molecule has 0 heterocycles. The van der Waals surface area contributed by atoms with E-state index in [1.165, 1.54) is 0 Å². The van der Waals surface area contributed by atoms with Crippen molar-refractivity contribution in [3.63, 3.8) is 0 Å². The van der Waals surface area contributed by atoms with Gasteiger partial charge in [0.15, 0.2) is 0 Å². The summed E-state index contributed by atoms with van der Waals surface area (Å²) >= 11 is 0. The molecule has 0 saturated carbocycles. The second kappa shape index (κ2) is 5.73. The van der Waals surface area contributed by atoms with Crippen LogP contribution >= 0.6 is 0 Å². The molecule has 0 radical (unpaired) electrons. The molecule has 1 aromatic rings. The molecule has 0 amide bonds. The van der Waals surface area contributed by atoms with Crippen LogP contribution in [0.3, 0.4) is 0 Å². The fraction of sp³-hybridized carbons (Fsp3) is 0.500. The molecule has 0 aliphatic rings. The zero-order chi connectivity index (χ0) is 11.3. The number of phenolic OH excluding ortho intramolecular Hbond substituents is 1. The molecular weight excluding hydrogens is 188 g/mol. The SMILES string of the molecule is Cc1ccc(O)c([C@@H](N)CCCCN)c1. The number of hydrogen-bond donors (Lipinski definition) is 3. The summed E-state index contributed by atoms with van der Waals surface area (Å²) in [4.78, 5) is 0. The van der Waals surface area contributed by atoms with Crippen LogP contribution in [0.4, 0.5) is 0 Å². The largest absolute Gasteiger partial charge is 0.508 e. The number of rotatable bonds is 5. The maximum Gasteiger partial charge on any atom is 0.120 e. The molecule has 0 aliphatic carbocycles. The van der Waals surface area contributed by atoms with Crippen molar-refractivity contribution in [1.82, 2.24) is 0 Å². The van der Waals surface area contributed by atoms with Crippen LogP contribution in [-0.2, 0) is 0 Å². The molecule has 84 valence electrons.